The van der Waals surface area contributed by atoms with Crippen molar-refractivity contribution >= 4 is 23.4 Å². The lowest BCUT2D eigenvalue weighted by molar-refractivity contribution is 0.102. The number of ether oxygens (including phenoxy) is 1. The third-order valence-corrected chi connectivity index (χ3v) is 6.54. The summed E-state index contributed by atoms with van der Waals surface area (Å²) in [6, 6.07) is 23.9. The lowest BCUT2D eigenvalue weighted by atomic mass is 9.99. The van der Waals surface area contributed by atoms with E-state index in [-0.39, 0.29) is 5.91 Å². The fourth-order valence-electron chi connectivity index (χ4n) is 4.13. The molecule has 3 aromatic rings. The molecule has 35 heavy (non-hydrogen) atoms. The second-order valence-electron chi connectivity index (χ2n) is 9.21. The topological polar surface area (TPSA) is 61.9 Å². The fraction of sp³-hybridized carbons (Fsp3) is 0.310. The molecule has 1 saturated heterocycles. The third-order valence-electron chi connectivity index (χ3n) is 6.54. The molecule has 1 heterocycles. The summed E-state index contributed by atoms with van der Waals surface area (Å²) in [4.78, 5) is 29.0. The monoisotopic (exact) mass is 471 g/mol. The number of carbonyl (C=O) groups excluding carboxylic acids is 2. The highest BCUT2D eigenvalue weighted by atomic mass is 16.6. The average Bonchev–Trinajstić information content (AvgIpc) is 2.90. The van der Waals surface area contributed by atoms with E-state index in [9.17, 15) is 9.59 Å². The first-order chi connectivity index (χ1) is 17.0. The Balaban J connectivity index is 1.26. The van der Waals surface area contributed by atoms with E-state index in [1.54, 1.807) is 31.3 Å². The molecular weight excluding hydrogens is 438 g/mol. The first kappa shape index (κ1) is 24.5. The minimum Gasteiger partial charge on any atom is -0.410 e. The van der Waals surface area contributed by atoms with Gasteiger partial charge in [0.05, 0.1) is 0 Å². The number of para-hydroxylation sites is 1. The molecule has 6 nitrogen and oxygen atoms in total. The van der Waals surface area contributed by atoms with Gasteiger partial charge in [-0.15, -0.1) is 0 Å². The average molecular weight is 472 g/mol. The van der Waals surface area contributed by atoms with Gasteiger partial charge in [0, 0.05) is 30.5 Å². The number of likely N-dealkylation sites (tertiary alicyclic amines) is 1. The Morgan fingerprint density at radius 1 is 0.943 bits per heavy atom. The van der Waals surface area contributed by atoms with Gasteiger partial charge >= 0.3 is 6.09 Å². The molecule has 6 heteroatoms. The van der Waals surface area contributed by atoms with Gasteiger partial charge in [0.1, 0.15) is 5.75 Å². The minimum atomic E-state index is -0.483. The van der Waals surface area contributed by atoms with E-state index < -0.39 is 6.09 Å². The largest absolute Gasteiger partial charge is 0.419 e. The molecule has 1 N–H and O–H groups in total. The van der Waals surface area contributed by atoms with E-state index in [1.165, 1.54) is 36.4 Å². The highest BCUT2D eigenvalue weighted by molar-refractivity contribution is 6.04. The zero-order valence-electron chi connectivity index (χ0n) is 20.4. The van der Waals surface area contributed by atoms with Crippen molar-refractivity contribution in [2.45, 2.75) is 26.2 Å². The maximum Gasteiger partial charge on any atom is 0.419 e. The lowest BCUT2D eigenvalue weighted by Crippen LogP contribution is -2.34. The van der Waals surface area contributed by atoms with Crippen LogP contribution in [0.3, 0.4) is 0 Å². The molecule has 0 aromatic heterocycles. The molecule has 4 rings (SSSR count). The summed E-state index contributed by atoms with van der Waals surface area (Å²) < 4.78 is 5.43. The van der Waals surface area contributed by atoms with Gasteiger partial charge < -0.3 is 15.0 Å². The van der Waals surface area contributed by atoms with Crippen LogP contribution in [0.2, 0.25) is 0 Å². The number of nitrogens with zero attached hydrogens (tertiary/aromatic N) is 2. The summed E-state index contributed by atoms with van der Waals surface area (Å²) in [7, 11) is 1.66. The molecule has 2 amide bonds. The van der Waals surface area contributed by atoms with E-state index in [4.69, 9.17) is 4.74 Å². The van der Waals surface area contributed by atoms with Crippen molar-refractivity contribution in [3.8, 4) is 5.75 Å². The Bertz CT molecular complexity index is 1110. The highest BCUT2D eigenvalue weighted by Crippen LogP contribution is 2.20. The predicted octanol–water partition coefficient (Wildman–Crippen LogP) is 5.85. The zero-order chi connectivity index (χ0) is 24.6. The molecule has 1 fully saturated rings. The van der Waals surface area contributed by atoms with Crippen molar-refractivity contribution in [3.63, 3.8) is 0 Å². The van der Waals surface area contributed by atoms with Crippen LogP contribution in [-0.2, 0) is 6.42 Å². The van der Waals surface area contributed by atoms with Crippen molar-refractivity contribution in [2.24, 2.45) is 5.92 Å². The molecule has 1 aliphatic heterocycles. The van der Waals surface area contributed by atoms with Crippen LogP contribution >= 0.6 is 0 Å². The quantitative estimate of drug-likeness (QED) is 0.470. The smallest absolute Gasteiger partial charge is 0.410 e. The van der Waals surface area contributed by atoms with Crippen molar-refractivity contribution in [1.29, 1.82) is 0 Å². The molecule has 0 bridgehead atoms. The van der Waals surface area contributed by atoms with Crippen molar-refractivity contribution in [1.82, 2.24) is 4.90 Å². The van der Waals surface area contributed by atoms with E-state index in [0.29, 0.717) is 17.0 Å². The van der Waals surface area contributed by atoms with Crippen molar-refractivity contribution in [3.05, 3.63) is 90.0 Å². The predicted molar refractivity (Wildman–Crippen MR) is 140 cm³/mol. The number of amides is 2. The number of benzene rings is 3. The lowest BCUT2D eigenvalue weighted by Gasteiger charge is -2.30. The summed E-state index contributed by atoms with van der Waals surface area (Å²) in [5.74, 6) is 1.08. The maximum absolute atomic E-state index is 12.7. The van der Waals surface area contributed by atoms with Gasteiger partial charge in [-0.1, -0.05) is 37.3 Å². The van der Waals surface area contributed by atoms with Gasteiger partial charge in [-0.2, -0.15) is 0 Å². The van der Waals surface area contributed by atoms with Gasteiger partial charge in [-0.05, 0) is 92.4 Å². The zero-order valence-corrected chi connectivity index (χ0v) is 20.4. The number of rotatable bonds is 7. The van der Waals surface area contributed by atoms with Crippen LogP contribution in [0.15, 0.2) is 78.9 Å². The number of nitrogens with one attached hydrogen (secondary N) is 1. The van der Waals surface area contributed by atoms with Crippen LogP contribution in [0.4, 0.5) is 16.2 Å². The number of piperidine rings is 1. The van der Waals surface area contributed by atoms with Crippen molar-refractivity contribution in [2.75, 3.05) is 36.9 Å². The van der Waals surface area contributed by atoms with E-state index in [1.807, 2.05) is 54.6 Å². The number of anilines is 2. The van der Waals surface area contributed by atoms with Crippen molar-refractivity contribution < 1.29 is 14.3 Å². The van der Waals surface area contributed by atoms with Crippen LogP contribution < -0.4 is 15.0 Å². The first-order valence-electron chi connectivity index (χ1n) is 12.2. The summed E-state index contributed by atoms with van der Waals surface area (Å²) in [6.45, 7) is 5.76. The summed E-state index contributed by atoms with van der Waals surface area (Å²) in [6.07, 6.45) is 3.08. The number of carbonyl (C=O) groups is 2. The van der Waals surface area contributed by atoms with Crippen LogP contribution in [0.5, 0.6) is 5.75 Å². The fourth-order valence-corrected chi connectivity index (χ4v) is 4.13. The summed E-state index contributed by atoms with van der Waals surface area (Å²) >= 11 is 0. The molecule has 0 saturated carbocycles. The van der Waals surface area contributed by atoms with Crippen LogP contribution in [0.25, 0.3) is 0 Å². The van der Waals surface area contributed by atoms with E-state index in [0.717, 1.165) is 24.6 Å². The molecule has 0 atom stereocenters. The Morgan fingerprint density at radius 3 is 2.26 bits per heavy atom. The first-order valence-corrected chi connectivity index (χ1v) is 12.2. The second kappa shape index (κ2) is 11.7. The Labute approximate surface area is 207 Å². The Hall–Kier alpha value is -3.64. The molecule has 0 unspecified atom stereocenters. The second-order valence-corrected chi connectivity index (χ2v) is 9.21. The highest BCUT2D eigenvalue weighted by Gasteiger charge is 2.16. The third kappa shape index (κ3) is 6.93. The molecular formula is C29H33N3O3. The van der Waals surface area contributed by atoms with Gasteiger partial charge in [0.25, 0.3) is 5.91 Å². The maximum atomic E-state index is 12.7. The van der Waals surface area contributed by atoms with E-state index in [2.05, 4.69) is 17.1 Å². The molecule has 3 aromatic carbocycles. The summed E-state index contributed by atoms with van der Waals surface area (Å²) in [5, 5.41) is 2.90. The minimum absolute atomic E-state index is 0.171. The van der Waals surface area contributed by atoms with Crippen LogP contribution in [0, 0.1) is 5.92 Å². The SMILES string of the molecule is CC1CCN(CCc2ccc(C(=O)Nc3ccc(OC(=O)N(C)c4ccccc4)cc3)cc2)CC1. The van der Waals surface area contributed by atoms with Gasteiger partial charge in [0.2, 0.25) is 0 Å². The normalized spacial score (nSPS) is 14.3. The molecule has 0 spiro atoms. The molecule has 0 radical (unpaired) electrons. The van der Waals surface area contributed by atoms with Gasteiger partial charge in [-0.25, -0.2) is 4.79 Å². The van der Waals surface area contributed by atoms with Crippen LogP contribution in [0.1, 0.15) is 35.7 Å². The summed E-state index contributed by atoms with van der Waals surface area (Å²) in [5.41, 5.74) is 3.23. The van der Waals surface area contributed by atoms with E-state index >= 15 is 0 Å². The number of hydrogen-bond acceptors (Lipinski definition) is 4. The molecule has 0 aliphatic carbocycles. The Morgan fingerprint density at radius 2 is 1.60 bits per heavy atom. The number of hydrogen-bond donors (Lipinski definition) is 1. The molecule has 182 valence electrons. The van der Waals surface area contributed by atoms with Crippen LogP contribution in [-0.4, -0.2) is 43.6 Å². The van der Waals surface area contributed by atoms with Gasteiger partial charge in [0.15, 0.2) is 0 Å². The standard InChI is InChI=1S/C29H33N3O3/c1-22-16-19-32(20-17-22)21-18-23-8-10-24(11-9-23)28(33)30-25-12-14-27(15-13-25)35-29(34)31(2)26-6-4-3-5-7-26/h3-15,22H,16-21H2,1-2H3,(H,30,33). The van der Waals surface area contributed by atoms with Gasteiger partial charge in [-0.3, -0.25) is 9.69 Å². The molecule has 1 aliphatic rings. The Kier molecular flexibility index (Phi) is 8.16.